The van der Waals surface area contributed by atoms with Gasteiger partial charge >= 0.3 is 0 Å². The number of hydrogen-bond acceptors (Lipinski definition) is 6. The molecule has 0 aromatic heterocycles. The van der Waals surface area contributed by atoms with Gasteiger partial charge in [-0.2, -0.15) is 0 Å². The third-order valence-corrected chi connectivity index (χ3v) is 11.0. The molecule has 0 aliphatic heterocycles. The van der Waals surface area contributed by atoms with Crippen molar-refractivity contribution in [1.82, 2.24) is 5.32 Å². The molecular formula is C46H89N2O6P. The monoisotopic (exact) mass is 797 g/mol. The number of nitrogens with one attached hydrogen (secondary N) is 1. The largest absolute Gasteiger partial charge is 0.756 e. The molecule has 55 heavy (non-hydrogen) atoms. The lowest BCUT2D eigenvalue weighted by Crippen LogP contribution is -2.45. The Bertz CT molecular complexity index is 995. The van der Waals surface area contributed by atoms with Crippen molar-refractivity contribution in [1.29, 1.82) is 0 Å². The predicted molar refractivity (Wildman–Crippen MR) is 233 cm³/mol. The number of hydrogen-bond donors (Lipinski definition) is 2. The number of carbonyl (C=O) groups excluding carboxylic acids is 1. The zero-order chi connectivity index (χ0) is 40.7. The molecule has 0 heterocycles. The summed E-state index contributed by atoms with van der Waals surface area (Å²) in [5.74, 6) is -0.211. The van der Waals surface area contributed by atoms with Crippen LogP contribution in [0.2, 0.25) is 0 Å². The van der Waals surface area contributed by atoms with Gasteiger partial charge in [-0.25, -0.2) is 0 Å². The number of quaternary nitrogens is 1. The molecule has 0 aromatic rings. The van der Waals surface area contributed by atoms with Gasteiger partial charge in [0, 0.05) is 6.42 Å². The minimum absolute atomic E-state index is 0.00662. The zero-order valence-electron chi connectivity index (χ0n) is 36.6. The fraction of sp³-hybridized carbons (Fsp3) is 0.848. The molecule has 3 atom stereocenters. The summed E-state index contributed by atoms with van der Waals surface area (Å²) in [6, 6.07) is -0.902. The second-order valence-electron chi connectivity index (χ2n) is 16.7. The van der Waals surface area contributed by atoms with E-state index in [4.69, 9.17) is 9.05 Å². The second kappa shape index (κ2) is 38.2. The summed E-state index contributed by atoms with van der Waals surface area (Å²) >= 11 is 0. The van der Waals surface area contributed by atoms with E-state index in [1.54, 1.807) is 6.08 Å². The van der Waals surface area contributed by atoms with Crippen LogP contribution < -0.4 is 10.2 Å². The molecule has 0 spiro atoms. The molecule has 0 saturated carbocycles. The van der Waals surface area contributed by atoms with Crippen LogP contribution in [0.1, 0.15) is 200 Å². The SMILES string of the molecule is CCCCCCCC/C=C/CCCCCCCCCCCC(=O)N[C@@H](COP(=O)([O-])OCC[N+](C)(C)C)[C@H](O)/C=C/CC/C=C/CCCCCCCCCC. The Morgan fingerprint density at radius 1 is 0.618 bits per heavy atom. The highest BCUT2D eigenvalue weighted by molar-refractivity contribution is 7.45. The number of likely N-dealkylation sites (N-methyl/N-ethyl adjacent to an activating group) is 1. The van der Waals surface area contributed by atoms with Gasteiger partial charge in [-0.3, -0.25) is 9.36 Å². The van der Waals surface area contributed by atoms with Crippen LogP contribution in [0.25, 0.3) is 0 Å². The van der Waals surface area contributed by atoms with Crippen LogP contribution >= 0.6 is 7.82 Å². The number of aliphatic hydroxyl groups is 1. The van der Waals surface area contributed by atoms with E-state index in [1.807, 2.05) is 27.2 Å². The van der Waals surface area contributed by atoms with E-state index in [0.717, 1.165) is 38.5 Å². The fourth-order valence-corrected chi connectivity index (χ4v) is 7.12. The number of aliphatic hydroxyl groups excluding tert-OH is 1. The van der Waals surface area contributed by atoms with Crippen LogP contribution in [0.5, 0.6) is 0 Å². The molecular weight excluding hydrogens is 707 g/mol. The Morgan fingerprint density at radius 2 is 1.02 bits per heavy atom. The molecule has 0 bridgehead atoms. The van der Waals surface area contributed by atoms with E-state index >= 15 is 0 Å². The third-order valence-electron chi connectivity index (χ3n) is 10.1. The smallest absolute Gasteiger partial charge is 0.268 e. The van der Waals surface area contributed by atoms with Crippen molar-refractivity contribution < 1.29 is 32.9 Å². The van der Waals surface area contributed by atoms with Gasteiger partial charge < -0.3 is 28.8 Å². The molecule has 8 nitrogen and oxygen atoms in total. The number of phosphoric ester groups is 1. The second-order valence-corrected chi connectivity index (χ2v) is 18.2. The zero-order valence-corrected chi connectivity index (χ0v) is 37.5. The lowest BCUT2D eigenvalue weighted by atomic mass is 10.0. The third kappa shape index (κ3) is 40.7. The van der Waals surface area contributed by atoms with Crippen LogP contribution in [-0.2, 0) is 18.4 Å². The van der Waals surface area contributed by atoms with Crippen molar-refractivity contribution in [2.45, 2.75) is 212 Å². The van der Waals surface area contributed by atoms with E-state index in [2.05, 4.69) is 43.5 Å². The summed E-state index contributed by atoms with van der Waals surface area (Å²) in [6.07, 6.45) is 46.2. The highest BCUT2D eigenvalue weighted by Crippen LogP contribution is 2.38. The van der Waals surface area contributed by atoms with E-state index < -0.39 is 26.6 Å². The Hall–Kier alpha value is -1.28. The van der Waals surface area contributed by atoms with Crippen molar-refractivity contribution in [3.05, 3.63) is 36.5 Å². The topological polar surface area (TPSA) is 108 Å². The van der Waals surface area contributed by atoms with Gasteiger partial charge in [-0.05, 0) is 57.8 Å². The van der Waals surface area contributed by atoms with Gasteiger partial charge in [-0.15, -0.1) is 0 Å². The number of amides is 1. The number of allylic oxidation sites excluding steroid dienone is 5. The van der Waals surface area contributed by atoms with Crippen molar-refractivity contribution in [3.63, 3.8) is 0 Å². The maximum absolute atomic E-state index is 12.9. The quantitative estimate of drug-likeness (QED) is 0.0276. The Balaban J connectivity index is 4.41. The highest BCUT2D eigenvalue weighted by Gasteiger charge is 2.23. The maximum atomic E-state index is 12.9. The van der Waals surface area contributed by atoms with E-state index in [-0.39, 0.29) is 12.5 Å². The number of carbonyl (C=O) groups is 1. The highest BCUT2D eigenvalue weighted by atomic mass is 31.2. The van der Waals surface area contributed by atoms with E-state index in [1.165, 1.54) is 141 Å². The van der Waals surface area contributed by atoms with Crippen molar-refractivity contribution in [3.8, 4) is 0 Å². The van der Waals surface area contributed by atoms with E-state index in [0.29, 0.717) is 17.4 Å². The molecule has 1 unspecified atom stereocenters. The average molecular weight is 797 g/mol. The van der Waals surface area contributed by atoms with Gasteiger partial charge in [0.05, 0.1) is 39.9 Å². The van der Waals surface area contributed by atoms with Crippen LogP contribution in [0.4, 0.5) is 0 Å². The average Bonchev–Trinajstić information content (AvgIpc) is 3.13. The lowest BCUT2D eigenvalue weighted by Gasteiger charge is -2.29. The molecule has 0 rings (SSSR count). The molecule has 0 aromatic carbocycles. The van der Waals surface area contributed by atoms with Crippen molar-refractivity contribution >= 4 is 13.7 Å². The molecule has 9 heteroatoms. The van der Waals surface area contributed by atoms with Gasteiger partial charge in [0.1, 0.15) is 13.2 Å². The molecule has 324 valence electrons. The first-order chi connectivity index (χ1) is 26.5. The van der Waals surface area contributed by atoms with Crippen molar-refractivity contribution in [2.24, 2.45) is 0 Å². The molecule has 0 fully saturated rings. The summed E-state index contributed by atoms with van der Waals surface area (Å²) in [5, 5.41) is 13.8. The first-order valence-electron chi connectivity index (χ1n) is 22.9. The predicted octanol–water partition coefficient (Wildman–Crippen LogP) is 12.1. The summed E-state index contributed by atoms with van der Waals surface area (Å²) in [6.45, 7) is 4.61. The lowest BCUT2D eigenvalue weighted by molar-refractivity contribution is -0.870. The van der Waals surface area contributed by atoms with Crippen LogP contribution in [0.3, 0.4) is 0 Å². The number of rotatable bonds is 41. The molecule has 0 radical (unpaired) electrons. The van der Waals surface area contributed by atoms with Gasteiger partial charge in [0.2, 0.25) is 5.91 Å². The Labute approximate surface area is 340 Å². The fourth-order valence-electron chi connectivity index (χ4n) is 6.40. The minimum atomic E-state index is -4.59. The summed E-state index contributed by atoms with van der Waals surface area (Å²) in [7, 11) is 1.24. The Morgan fingerprint density at radius 3 is 1.47 bits per heavy atom. The molecule has 0 saturated heterocycles. The number of nitrogens with zero attached hydrogens (tertiary/aromatic N) is 1. The summed E-state index contributed by atoms with van der Waals surface area (Å²) in [5.41, 5.74) is 0. The molecule has 2 N–H and O–H groups in total. The normalized spacial score (nSPS) is 14.7. The first-order valence-corrected chi connectivity index (χ1v) is 24.3. The molecule has 0 aliphatic carbocycles. The van der Waals surface area contributed by atoms with Crippen LogP contribution in [-0.4, -0.2) is 68.5 Å². The van der Waals surface area contributed by atoms with Gasteiger partial charge in [-0.1, -0.05) is 172 Å². The summed E-state index contributed by atoms with van der Waals surface area (Å²) < 4.78 is 23.2. The van der Waals surface area contributed by atoms with Gasteiger partial charge in [0.15, 0.2) is 0 Å². The van der Waals surface area contributed by atoms with Gasteiger partial charge in [0.25, 0.3) is 7.82 Å². The first kappa shape index (κ1) is 53.7. The Kier molecular flexibility index (Phi) is 37.4. The standard InChI is InChI=1S/C46H89N2O6P/c1-6-8-10-12-14-16-18-20-22-23-24-25-26-28-30-32-34-36-38-40-46(50)47-44(43-54-55(51,52)53-42-41-48(3,4)5)45(49)39-37-35-33-31-29-27-21-19-17-15-13-11-9-7-2/h20,22,29,31,37,39,44-45,49H,6-19,21,23-28,30,32-36,38,40-43H2,1-5H3,(H-,47,50,51,52)/b22-20+,31-29+,39-37+/t44-,45+/m0/s1. The number of phosphoric acid groups is 1. The van der Waals surface area contributed by atoms with E-state index in [9.17, 15) is 19.4 Å². The summed E-state index contributed by atoms with van der Waals surface area (Å²) in [4.78, 5) is 25.3. The maximum Gasteiger partial charge on any atom is 0.268 e. The molecule has 1 amide bonds. The number of unbranched alkanes of at least 4 members (excludes halogenated alkanes) is 24. The van der Waals surface area contributed by atoms with Crippen LogP contribution in [0, 0.1) is 0 Å². The molecule has 0 aliphatic rings. The van der Waals surface area contributed by atoms with Crippen LogP contribution in [0.15, 0.2) is 36.5 Å². The van der Waals surface area contributed by atoms with Crippen molar-refractivity contribution in [2.75, 3.05) is 40.9 Å². The minimum Gasteiger partial charge on any atom is -0.756 e.